The third-order valence-electron chi connectivity index (χ3n) is 5.76. The van der Waals surface area contributed by atoms with E-state index in [-0.39, 0.29) is 5.69 Å². The summed E-state index contributed by atoms with van der Waals surface area (Å²) in [4.78, 5) is 20.9. The lowest BCUT2D eigenvalue weighted by Gasteiger charge is -2.28. The molecule has 0 aliphatic heterocycles. The van der Waals surface area contributed by atoms with Crippen molar-refractivity contribution in [2.45, 2.75) is 38.5 Å². The van der Waals surface area contributed by atoms with Crippen LogP contribution in [0.25, 0.3) is 11.3 Å². The predicted molar refractivity (Wildman–Crippen MR) is 112 cm³/mol. The fraction of sp³-hybridized carbons (Fsp3) is 0.292. The minimum Gasteiger partial charge on any atom is -0.319 e. The largest absolute Gasteiger partial charge is 0.319 e. The van der Waals surface area contributed by atoms with Gasteiger partial charge >= 0.3 is 0 Å². The Kier molecular flexibility index (Phi) is 6.02. The first-order valence-corrected chi connectivity index (χ1v) is 10.3. The van der Waals surface area contributed by atoms with Gasteiger partial charge in [0.25, 0.3) is 5.91 Å². The summed E-state index contributed by atoms with van der Waals surface area (Å²) in [7, 11) is 0. The van der Waals surface area contributed by atoms with E-state index in [1.54, 1.807) is 12.4 Å². The molecule has 0 saturated heterocycles. The summed E-state index contributed by atoms with van der Waals surface area (Å²) >= 11 is 0. The number of benzene rings is 1. The lowest BCUT2D eigenvalue weighted by molar-refractivity contribution is 0.102. The minimum atomic E-state index is -0.954. The van der Waals surface area contributed by atoms with E-state index in [1.807, 2.05) is 6.07 Å². The van der Waals surface area contributed by atoms with Crippen molar-refractivity contribution in [3.8, 4) is 11.3 Å². The van der Waals surface area contributed by atoms with E-state index < -0.39 is 34.6 Å². The van der Waals surface area contributed by atoms with Gasteiger partial charge in [0.2, 0.25) is 0 Å². The van der Waals surface area contributed by atoms with Gasteiger partial charge in [0, 0.05) is 6.20 Å². The van der Waals surface area contributed by atoms with Gasteiger partial charge in [-0.3, -0.25) is 9.78 Å². The summed E-state index contributed by atoms with van der Waals surface area (Å²) in [5.41, 5.74) is 0.267. The van der Waals surface area contributed by atoms with Gasteiger partial charge in [-0.05, 0) is 60.6 Å². The number of nitrogens with zero attached hydrogens (tertiary/aromatic N) is 2. The third kappa shape index (κ3) is 4.45. The van der Waals surface area contributed by atoms with Crippen LogP contribution in [0.3, 0.4) is 0 Å². The molecular weight excluding hydrogens is 403 g/mol. The highest BCUT2D eigenvalue weighted by molar-refractivity contribution is 6.03. The Labute approximate surface area is 178 Å². The van der Waals surface area contributed by atoms with E-state index in [1.165, 1.54) is 18.6 Å². The van der Waals surface area contributed by atoms with Gasteiger partial charge in [-0.1, -0.05) is 25.8 Å². The van der Waals surface area contributed by atoms with Gasteiger partial charge in [0.15, 0.2) is 0 Å². The van der Waals surface area contributed by atoms with E-state index in [2.05, 4.69) is 22.2 Å². The zero-order valence-electron chi connectivity index (χ0n) is 17.0. The van der Waals surface area contributed by atoms with Gasteiger partial charge in [0.1, 0.15) is 28.8 Å². The SMILES string of the molecule is CC1CCCC(c2ccncc2NC(=O)c2ccc(F)c(-c3c(F)cccc3F)n2)C1. The average molecular weight is 425 g/mol. The molecule has 160 valence electrons. The van der Waals surface area contributed by atoms with Gasteiger partial charge in [-0.25, -0.2) is 18.2 Å². The lowest BCUT2D eigenvalue weighted by atomic mass is 9.78. The number of amides is 1. The number of anilines is 1. The number of halogens is 3. The maximum atomic E-state index is 14.3. The molecule has 4 rings (SSSR count). The number of rotatable bonds is 4. The maximum absolute atomic E-state index is 14.3. The zero-order chi connectivity index (χ0) is 22.0. The monoisotopic (exact) mass is 425 g/mol. The molecule has 1 N–H and O–H groups in total. The molecule has 1 amide bonds. The molecule has 0 spiro atoms. The Hall–Kier alpha value is -3.22. The number of nitrogens with one attached hydrogen (secondary N) is 1. The highest BCUT2D eigenvalue weighted by atomic mass is 19.1. The van der Waals surface area contributed by atoms with Crippen molar-refractivity contribution in [3.05, 3.63) is 77.5 Å². The Balaban J connectivity index is 1.64. The molecular formula is C24H22F3N3O. The molecule has 1 aromatic carbocycles. The maximum Gasteiger partial charge on any atom is 0.274 e. The number of pyridine rings is 2. The molecule has 0 radical (unpaired) electrons. The van der Waals surface area contributed by atoms with Crippen LogP contribution in [0, 0.1) is 23.4 Å². The standard InChI is InChI=1S/C24H22F3N3O/c1-14-4-2-5-15(12-14)16-10-11-28-13-21(16)30-24(31)20-9-8-19(27)23(29-20)22-17(25)6-3-7-18(22)26/h3,6-11,13-15H,2,4-5,12H2,1H3,(H,30,31). The molecule has 31 heavy (non-hydrogen) atoms. The normalized spacial score (nSPS) is 18.6. The van der Waals surface area contributed by atoms with Crippen LogP contribution in [0.4, 0.5) is 18.9 Å². The molecule has 4 nitrogen and oxygen atoms in total. The second-order valence-electron chi connectivity index (χ2n) is 8.01. The van der Waals surface area contributed by atoms with Crippen LogP contribution in [0.5, 0.6) is 0 Å². The highest BCUT2D eigenvalue weighted by Gasteiger charge is 2.24. The Morgan fingerprint density at radius 3 is 2.55 bits per heavy atom. The van der Waals surface area contributed by atoms with Crippen LogP contribution >= 0.6 is 0 Å². The quantitative estimate of drug-likeness (QED) is 0.549. The smallest absolute Gasteiger partial charge is 0.274 e. The summed E-state index contributed by atoms with van der Waals surface area (Å²) < 4.78 is 42.6. The average Bonchev–Trinajstić information content (AvgIpc) is 2.75. The minimum absolute atomic E-state index is 0.147. The van der Waals surface area contributed by atoms with Crippen LogP contribution in [0.1, 0.15) is 54.6 Å². The molecule has 0 bridgehead atoms. The number of hydrogen-bond donors (Lipinski definition) is 1. The van der Waals surface area contributed by atoms with Crippen molar-refractivity contribution in [1.82, 2.24) is 9.97 Å². The van der Waals surface area contributed by atoms with Crippen molar-refractivity contribution < 1.29 is 18.0 Å². The Bertz CT molecular complexity index is 1100. The molecule has 1 aliphatic rings. The third-order valence-corrected chi connectivity index (χ3v) is 5.76. The van der Waals surface area contributed by atoms with E-state index in [9.17, 15) is 18.0 Å². The van der Waals surface area contributed by atoms with Gasteiger partial charge in [-0.2, -0.15) is 0 Å². The molecule has 7 heteroatoms. The lowest BCUT2D eigenvalue weighted by Crippen LogP contribution is -2.18. The van der Waals surface area contributed by atoms with Crippen molar-refractivity contribution >= 4 is 11.6 Å². The Morgan fingerprint density at radius 1 is 1.03 bits per heavy atom. The summed E-state index contributed by atoms with van der Waals surface area (Å²) in [5, 5.41) is 2.79. The molecule has 1 fully saturated rings. The van der Waals surface area contributed by atoms with E-state index >= 15 is 0 Å². The topological polar surface area (TPSA) is 54.9 Å². The number of hydrogen-bond acceptors (Lipinski definition) is 3. The number of carbonyl (C=O) groups excluding carboxylic acids is 1. The summed E-state index contributed by atoms with van der Waals surface area (Å²) in [6.45, 7) is 2.22. The Morgan fingerprint density at radius 2 is 1.81 bits per heavy atom. The highest BCUT2D eigenvalue weighted by Crippen LogP contribution is 2.38. The molecule has 1 saturated carbocycles. The van der Waals surface area contributed by atoms with Crippen molar-refractivity contribution in [3.63, 3.8) is 0 Å². The van der Waals surface area contributed by atoms with Crippen LogP contribution in [0.2, 0.25) is 0 Å². The molecule has 2 heterocycles. The molecule has 2 aromatic heterocycles. The van der Waals surface area contributed by atoms with Crippen LogP contribution < -0.4 is 5.32 Å². The predicted octanol–water partition coefficient (Wildman–Crippen LogP) is 6.11. The summed E-state index contributed by atoms with van der Waals surface area (Å²) in [6, 6.07) is 7.27. The van der Waals surface area contributed by atoms with E-state index in [0.717, 1.165) is 43.0 Å². The van der Waals surface area contributed by atoms with Crippen molar-refractivity contribution in [1.29, 1.82) is 0 Å². The van der Waals surface area contributed by atoms with Gasteiger partial charge < -0.3 is 5.32 Å². The van der Waals surface area contributed by atoms with Gasteiger partial charge in [0.05, 0.1) is 17.4 Å². The number of carbonyl (C=O) groups is 1. The van der Waals surface area contributed by atoms with Crippen LogP contribution in [-0.2, 0) is 0 Å². The fourth-order valence-corrected chi connectivity index (χ4v) is 4.24. The summed E-state index contributed by atoms with van der Waals surface area (Å²) in [5.74, 6) is -2.51. The molecule has 2 unspecified atom stereocenters. The van der Waals surface area contributed by atoms with E-state index in [0.29, 0.717) is 17.5 Å². The molecule has 2 atom stereocenters. The first-order valence-electron chi connectivity index (χ1n) is 10.3. The summed E-state index contributed by atoms with van der Waals surface area (Å²) in [6.07, 6.45) is 7.64. The van der Waals surface area contributed by atoms with Crippen molar-refractivity contribution in [2.75, 3.05) is 5.32 Å². The molecule has 1 aliphatic carbocycles. The first kappa shape index (κ1) is 21.0. The second kappa shape index (κ2) is 8.88. The van der Waals surface area contributed by atoms with Crippen LogP contribution in [-0.4, -0.2) is 15.9 Å². The van der Waals surface area contributed by atoms with E-state index in [4.69, 9.17) is 0 Å². The zero-order valence-corrected chi connectivity index (χ0v) is 17.0. The second-order valence-corrected chi connectivity index (χ2v) is 8.01. The van der Waals surface area contributed by atoms with Crippen LogP contribution in [0.15, 0.2) is 48.8 Å². The number of aromatic nitrogens is 2. The first-order chi connectivity index (χ1) is 14.9. The van der Waals surface area contributed by atoms with Crippen molar-refractivity contribution in [2.24, 2.45) is 5.92 Å². The molecule has 3 aromatic rings. The van der Waals surface area contributed by atoms with Gasteiger partial charge in [-0.15, -0.1) is 0 Å². The fourth-order valence-electron chi connectivity index (χ4n) is 4.24.